The van der Waals surface area contributed by atoms with Crippen LogP contribution in [0.5, 0.6) is 0 Å². The number of carbonyl (C=O) groups is 1. The number of ether oxygens (including phenoxy) is 1. The molecule has 0 aliphatic heterocycles. The van der Waals surface area contributed by atoms with E-state index >= 15 is 0 Å². The zero-order valence-corrected chi connectivity index (χ0v) is 13.4. The molecule has 3 nitrogen and oxygen atoms in total. The number of rotatable bonds is 4. The lowest BCUT2D eigenvalue weighted by atomic mass is 10.1. The molecule has 1 N–H and O–H groups in total. The lowest BCUT2D eigenvalue weighted by Gasteiger charge is -2.12. The first kappa shape index (κ1) is 16.0. The summed E-state index contributed by atoms with van der Waals surface area (Å²) in [7, 11) is 1.33. The van der Waals surface area contributed by atoms with Crippen molar-refractivity contribution in [3.8, 4) is 0 Å². The lowest BCUT2D eigenvalue weighted by molar-refractivity contribution is 0.0602. The Balaban J connectivity index is 2.20. The summed E-state index contributed by atoms with van der Waals surface area (Å²) >= 11 is 17.8. The topological polar surface area (TPSA) is 38.3 Å². The van der Waals surface area contributed by atoms with Crippen LogP contribution in [0.3, 0.4) is 0 Å². The first-order valence-corrected chi connectivity index (χ1v) is 7.20. The molecular weight excluding hydrogens is 333 g/mol. The highest BCUT2D eigenvalue weighted by molar-refractivity contribution is 6.42. The third kappa shape index (κ3) is 4.03. The van der Waals surface area contributed by atoms with Gasteiger partial charge in [-0.3, -0.25) is 0 Å². The zero-order chi connectivity index (χ0) is 15.4. The molecule has 2 aromatic rings. The molecule has 0 aromatic heterocycles. The summed E-state index contributed by atoms with van der Waals surface area (Å²) in [6.07, 6.45) is 0. The van der Waals surface area contributed by atoms with Crippen LogP contribution in [0.25, 0.3) is 0 Å². The summed E-state index contributed by atoms with van der Waals surface area (Å²) in [5, 5.41) is 4.65. The van der Waals surface area contributed by atoms with Crippen LogP contribution < -0.4 is 5.32 Å². The predicted molar refractivity (Wildman–Crippen MR) is 86.6 cm³/mol. The van der Waals surface area contributed by atoms with Crippen molar-refractivity contribution < 1.29 is 9.53 Å². The molecule has 0 saturated heterocycles. The summed E-state index contributed by atoms with van der Waals surface area (Å²) in [6, 6.07) is 10.3. The second-order valence-electron chi connectivity index (χ2n) is 4.28. The van der Waals surface area contributed by atoms with Gasteiger partial charge in [-0.2, -0.15) is 0 Å². The third-order valence-corrected chi connectivity index (χ3v) is 3.83. The fourth-order valence-corrected chi connectivity index (χ4v) is 2.29. The van der Waals surface area contributed by atoms with Gasteiger partial charge in [0.2, 0.25) is 0 Å². The van der Waals surface area contributed by atoms with Gasteiger partial charge >= 0.3 is 5.97 Å². The van der Waals surface area contributed by atoms with E-state index in [4.69, 9.17) is 39.5 Å². The lowest BCUT2D eigenvalue weighted by Crippen LogP contribution is -2.08. The highest BCUT2D eigenvalue weighted by atomic mass is 35.5. The second kappa shape index (κ2) is 7.03. The van der Waals surface area contributed by atoms with Crippen LogP contribution in [0, 0.1) is 0 Å². The van der Waals surface area contributed by atoms with E-state index in [0.717, 1.165) is 5.56 Å². The Morgan fingerprint density at radius 3 is 2.52 bits per heavy atom. The van der Waals surface area contributed by atoms with Gasteiger partial charge in [0.1, 0.15) is 0 Å². The molecule has 6 heteroatoms. The maximum absolute atomic E-state index is 11.7. The van der Waals surface area contributed by atoms with E-state index in [1.807, 2.05) is 6.07 Å². The molecular formula is C15H12Cl3NO2. The highest BCUT2D eigenvalue weighted by Gasteiger charge is 2.12. The fraction of sp³-hybridized carbons (Fsp3) is 0.133. The SMILES string of the molecule is COC(=O)c1ccc(Cl)cc1NCc1ccc(Cl)c(Cl)c1. The normalized spacial score (nSPS) is 10.3. The second-order valence-corrected chi connectivity index (χ2v) is 5.53. The Kier molecular flexibility index (Phi) is 5.34. The van der Waals surface area contributed by atoms with Crippen LogP contribution in [0.1, 0.15) is 15.9 Å². The number of carbonyl (C=O) groups excluding carboxylic acids is 1. The van der Waals surface area contributed by atoms with Crippen molar-refractivity contribution in [2.75, 3.05) is 12.4 Å². The van der Waals surface area contributed by atoms with Crippen LogP contribution in [0.2, 0.25) is 15.1 Å². The Labute approximate surface area is 137 Å². The summed E-state index contributed by atoms with van der Waals surface area (Å²) in [6.45, 7) is 0.473. The molecule has 0 spiro atoms. The van der Waals surface area contributed by atoms with Crippen molar-refractivity contribution in [1.82, 2.24) is 0 Å². The van der Waals surface area contributed by atoms with Gasteiger partial charge in [0, 0.05) is 11.6 Å². The zero-order valence-electron chi connectivity index (χ0n) is 11.1. The Morgan fingerprint density at radius 2 is 1.86 bits per heavy atom. The number of benzene rings is 2. The van der Waals surface area contributed by atoms with Crippen molar-refractivity contribution in [3.05, 3.63) is 62.6 Å². The minimum Gasteiger partial charge on any atom is -0.465 e. The van der Waals surface area contributed by atoms with Crippen LogP contribution in [0.15, 0.2) is 36.4 Å². The molecule has 0 fully saturated rings. The first-order valence-electron chi connectivity index (χ1n) is 6.07. The van der Waals surface area contributed by atoms with E-state index in [0.29, 0.717) is 32.9 Å². The maximum atomic E-state index is 11.7. The molecule has 110 valence electrons. The van der Waals surface area contributed by atoms with Crippen molar-refractivity contribution in [2.45, 2.75) is 6.54 Å². The molecule has 0 amide bonds. The first-order chi connectivity index (χ1) is 10.0. The predicted octanol–water partition coefficient (Wildman–Crippen LogP) is 5.05. The smallest absolute Gasteiger partial charge is 0.339 e. The van der Waals surface area contributed by atoms with Gasteiger partial charge in [0.25, 0.3) is 0 Å². The van der Waals surface area contributed by atoms with Crippen molar-refractivity contribution in [1.29, 1.82) is 0 Å². The van der Waals surface area contributed by atoms with Gasteiger partial charge in [-0.25, -0.2) is 4.79 Å². The number of hydrogen-bond acceptors (Lipinski definition) is 3. The van der Waals surface area contributed by atoms with E-state index in [1.165, 1.54) is 7.11 Å². The highest BCUT2D eigenvalue weighted by Crippen LogP contribution is 2.25. The standard InChI is InChI=1S/C15H12Cl3NO2/c1-21-15(20)11-4-3-10(16)7-14(11)19-8-9-2-5-12(17)13(18)6-9/h2-7,19H,8H2,1H3. The molecule has 0 atom stereocenters. The molecule has 0 unspecified atom stereocenters. The third-order valence-electron chi connectivity index (χ3n) is 2.85. The van der Waals surface area contributed by atoms with E-state index in [-0.39, 0.29) is 0 Å². The van der Waals surface area contributed by atoms with Crippen LogP contribution in [0.4, 0.5) is 5.69 Å². The average molecular weight is 345 g/mol. The Morgan fingerprint density at radius 1 is 1.10 bits per heavy atom. The van der Waals surface area contributed by atoms with Crippen molar-refractivity contribution >= 4 is 46.5 Å². The summed E-state index contributed by atoms with van der Waals surface area (Å²) < 4.78 is 4.74. The van der Waals surface area contributed by atoms with Crippen molar-refractivity contribution in [3.63, 3.8) is 0 Å². The minimum atomic E-state index is -0.427. The Hall–Kier alpha value is -1.42. The van der Waals surface area contributed by atoms with Crippen LogP contribution >= 0.6 is 34.8 Å². The van der Waals surface area contributed by atoms with Crippen LogP contribution in [-0.2, 0) is 11.3 Å². The monoisotopic (exact) mass is 343 g/mol. The maximum Gasteiger partial charge on any atom is 0.339 e. The van der Waals surface area contributed by atoms with Gasteiger partial charge in [-0.15, -0.1) is 0 Å². The molecule has 2 rings (SSSR count). The molecule has 0 radical (unpaired) electrons. The molecule has 21 heavy (non-hydrogen) atoms. The number of halogens is 3. The fourth-order valence-electron chi connectivity index (χ4n) is 1.80. The van der Waals surface area contributed by atoms with Gasteiger partial charge in [-0.1, -0.05) is 40.9 Å². The summed E-state index contributed by atoms with van der Waals surface area (Å²) in [5.41, 5.74) is 1.95. The van der Waals surface area contributed by atoms with Gasteiger partial charge in [0.05, 0.1) is 28.4 Å². The number of esters is 1. The molecule has 0 aliphatic carbocycles. The number of hydrogen-bond donors (Lipinski definition) is 1. The van der Waals surface area contributed by atoms with E-state index < -0.39 is 5.97 Å². The summed E-state index contributed by atoms with van der Waals surface area (Å²) in [5.74, 6) is -0.427. The quantitative estimate of drug-likeness (QED) is 0.789. The largest absolute Gasteiger partial charge is 0.465 e. The van der Waals surface area contributed by atoms with Gasteiger partial charge in [0.15, 0.2) is 0 Å². The molecule has 0 heterocycles. The molecule has 0 aliphatic rings. The van der Waals surface area contributed by atoms with E-state index in [2.05, 4.69) is 5.32 Å². The number of nitrogens with one attached hydrogen (secondary N) is 1. The molecule has 0 bridgehead atoms. The van der Waals surface area contributed by atoms with Gasteiger partial charge < -0.3 is 10.1 Å². The van der Waals surface area contributed by atoms with Crippen LogP contribution in [-0.4, -0.2) is 13.1 Å². The van der Waals surface area contributed by atoms with E-state index in [9.17, 15) is 4.79 Å². The van der Waals surface area contributed by atoms with E-state index in [1.54, 1.807) is 30.3 Å². The number of anilines is 1. The molecule has 2 aromatic carbocycles. The minimum absolute atomic E-state index is 0.418. The average Bonchev–Trinajstić information content (AvgIpc) is 2.48. The van der Waals surface area contributed by atoms with Gasteiger partial charge in [-0.05, 0) is 35.9 Å². The number of methoxy groups -OCH3 is 1. The van der Waals surface area contributed by atoms with Crippen molar-refractivity contribution in [2.24, 2.45) is 0 Å². The summed E-state index contributed by atoms with van der Waals surface area (Å²) in [4.78, 5) is 11.7. The molecule has 0 saturated carbocycles. The Bertz CT molecular complexity index is 674.